The molecule has 2 atom stereocenters. The van der Waals surface area contributed by atoms with Gasteiger partial charge in [-0.05, 0) is 32.7 Å². The topological polar surface area (TPSA) is 32.3 Å². The molecule has 0 saturated carbocycles. The molecule has 0 aromatic carbocycles. The predicted molar refractivity (Wildman–Crippen MR) is 55.9 cm³/mol. The van der Waals surface area contributed by atoms with E-state index in [0.29, 0.717) is 11.8 Å². The van der Waals surface area contributed by atoms with Crippen LogP contribution < -0.4 is 5.32 Å². The normalized spacial score (nSPS) is 35.5. The first-order valence-electron chi connectivity index (χ1n) is 5.54. The minimum atomic E-state index is 0.111. The molecule has 2 fully saturated rings. The number of nitrogens with zero attached hydrogens (tertiary/aromatic N) is 1. The highest BCUT2D eigenvalue weighted by Gasteiger charge is 2.43. The van der Waals surface area contributed by atoms with Crippen LogP contribution in [0, 0.1) is 11.8 Å². The van der Waals surface area contributed by atoms with Crippen molar-refractivity contribution in [2.45, 2.75) is 32.7 Å². The Hall–Kier alpha value is -0.570. The molecule has 3 heteroatoms. The number of hydrogen-bond donors (Lipinski definition) is 1. The van der Waals surface area contributed by atoms with Gasteiger partial charge in [-0.3, -0.25) is 4.79 Å². The smallest absolute Gasteiger partial charge is 0.227 e. The van der Waals surface area contributed by atoms with Gasteiger partial charge in [-0.15, -0.1) is 0 Å². The van der Waals surface area contributed by atoms with Gasteiger partial charge in [-0.1, -0.05) is 6.92 Å². The zero-order valence-electron chi connectivity index (χ0n) is 9.34. The maximum atomic E-state index is 12.1. The molecule has 2 rings (SSSR count). The zero-order valence-corrected chi connectivity index (χ0v) is 9.34. The molecule has 1 N–H and O–H groups in total. The van der Waals surface area contributed by atoms with E-state index in [1.807, 2.05) is 4.90 Å². The van der Waals surface area contributed by atoms with Crippen LogP contribution in [0.4, 0.5) is 0 Å². The second-order valence-electron chi connectivity index (χ2n) is 5.29. The molecule has 80 valence electrons. The van der Waals surface area contributed by atoms with E-state index in [2.05, 4.69) is 26.1 Å². The van der Waals surface area contributed by atoms with Crippen LogP contribution >= 0.6 is 0 Å². The Balaban J connectivity index is 2.01. The second kappa shape index (κ2) is 3.23. The summed E-state index contributed by atoms with van der Waals surface area (Å²) in [5, 5.41) is 3.29. The van der Waals surface area contributed by atoms with E-state index >= 15 is 0 Å². The zero-order chi connectivity index (χ0) is 10.3. The first-order chi connectivity index (χ1) is 6.52. The van der Waals surface area contributed by atoms with Gasteiger partial charge in [0.2, 0.25) is 5.91 Å². The van der Waals surface area contributed by atoms with E-state index in [-0.39, 0.29) is 11.5 Å². The Morgan fingerprint density at radius 1 is 1.43 bits per heavy atom. The molecule has 0 aromatic rings. The molecule has 2 aliphatic rings. The second-order valence-corrected chi connectivity index (χ2v) is 5.29. The van der Waals surface area contributed by atoms with Crippen molar-refractivity contribution < 1.29 is 4.79 Å². The van der Waals surface area contributed by atoms with Crippen molar-refractivity contribution in [3.05, 3.63) is 0 Å². The van der Waals surface area contributed by atoms with Crippen LogP contribution in [0.1, 0.15) is 27.2 Å². The van der Waals surface area contributed by atoms with Crippen molar-refractivity contribution in [1.29, 1.82) is 0 Å². The third-order valence-electron chi connectivity index (χ3n) is 3.78. The van der Waals surface area contributed by atoms with Gasteiger partial charge in [0.1, 0.15) is 0 Å². The van der Waals surface area contributed by atoms with Crippen molar-refractivity contribution in [2.24, 2.45) is 11.8 Å². The van der Waals surface area contributed by atoms with Crippen LogP contribution in [0.5, 0.6) is 0 Å². The van der Waals surface area contributed by atoms with Gasteiger partial charge in [0.25, 0.3) is 0 Å². The van der Waals surface area contributed by atoms with Crippen LogP contribution in [-0.2, 0) is 4.79 Å². The summed E-state index contributed by atoms with van der Waals surface area (Å²) in [7, 11) is 0. The average molecular weight is 196 g/mol. The fourth-order valence-corrected chi connectivity index (χ4v) is 2.42. The van der Waals surface area contributed by atoms with Crippen LogP contribution in [0.2, 0.25) is 0 Å². The fourth-order valence-electron chi connectivity index (χ4n) is 2.42. The number of carbonyl (C=O) groups excluding carboxylic acids is 1. The SMILES string of the molecule is CC1CNCC1C(=O)N1CCC1(C)C. The van der Waals surface area contributed by atoms with Crippen molar-refractivity contribution in [2.75, 3.05) is 19.6 Å². The van der Waals surface area contributed by atoms with Crippen molar-refractivity contribution in [1.82, 2.24) is 10.2 Å². The van der Waals surface area contributed by atoms with Crippen molar-refractivity contribution in [3.63, 3.8) is 0 Å². The van der Waals surface area contributed by atoms with Crippen LogP contribution in [0.25, 0.3) is 0 Å². The molecular weight excluding hydrogens is 176 g/mol. The Kier molecular flexibility index (Phi) is 2.30. The Morgan fingerprint density at radius 2 is 2.14 bits per heavy atom. The summed E-state index contributed by atoms with van der Waals surface area (Å²) in [5.41, 5.74) is 0.111. The summed E-state index contributed by atoms with van der Waals surface area (Å²) in [6.45, 7) is 9.28. The standard InChI is InChI=1S/C11H20N2O/c1-8-6-12-7-9(8)10(14)13-5-4-11(13,2)3/h8-9,12H,4-7H2,1-3H3. The lowest BCUT2D eigenvalue weighted by Crippen LogP contribution is -2.60. The van der Waals surface area contributed by atoms with Crippen LogP contribution in [0.15, 0.2) is 0 Å². The molecule has 0 radical (unpaired) electrons. The van der Waals surface area contributed by atoms with Gasteiger partial charge in [0.15, 0.2) is 0 Å². The minimum Gasteiger partial charge on any atom is -0.337 e. The first kappa shape index (κ1) is 9.97. The molecule has 1 amide bonds. The number of rotatable bonds is 1. The summed E-state index contributed by atoms with van der Waals surface area (Å²) in [6.07, 6.45) is 1.15. The van der Waals surface area contributed by atoms with E-state index in [4.69, 9.17) is 0 Å². The van der Waals surface area contributed by atoms with Gasteiger partial charge in [-0.25, -0.2) is 0 Å². The molecule has 0 aliphatic carbocycles. The quantitative estimate of drug-likeness (QED) is 0.674. The number of nitrogens with one attached hydrogen (secondary N) is 1. The molecule has 14 heavy (non-hydrogen) atoms. The maximum Gasteiger partial charge on any atom is 0.227 e. The van der Waals surface area contributed by atoms with E-state index < -0.39 is 0 Å². The molecular formula is C11H20N2O. The summed E-state index contributed by atoms with van der Waals surface area (Å²) >= 11 is 0. The largest absolute Gasteiger partial charge is 0.337 e. The molecule has 3 nitrogen and oxygen atoms in total. The Bertz CT molecular complexity index is 246. The number of likely N-dealkylation sites (tertiary alicyclic amines) is 1. The highest BCUT2D eigenvalue weighted by molar-refractivity contribution is 5.81. The highest BCUT2D eigenvalue weighted by Crippen LogP contribution is 2.32. The molecule has 0 bridgehead atoms. The van der Waals surface area contributed by atoms with Crippen molar-refractivity contribution in [3.8, 4) is 0 Å². The highest BCUT2D eigenvalue weighted by atomic mass is 16.2. The number of carbonyl (C=O) groups is 1. The van der Waals surface area contributed by atoms with E-state index in [9.17, 15) is 4.79 Å². The summed E-state index contributed by atoms with van der Waals surface area (Å²) in [5.74, 6) is 1.08. The molecule has 2 unspecified atom stereocenters. The monoisotopic (exact) mass is 196 g/mol. The fraction of sp³-hybridized carbons (Fsp3) is 0.909. The molecule has 2 saturated heterocycles. The summed E-state index contributed by atoms with van der Waals surface area (Å²) < 4.78 is 0. The molecule has 2 heterocycles. The predicted octanol–water partition coefficient (Wildman–Crippen LogP) is 0.853. The van der Waals surface area contributed by atoms with E-state index in [0.717, 1.165) is 26.1 Å². The van der Waals surface area contributed by atoms with Gasteiger partial charge >= 0.3 is 0 Å². The Morgan fingerprint density at radius 3 is 2.50 bits per heavy atom. The third kappa shape index (κ3) is 1.44. The molecule has 0 aromatic heterocycles. The van der Waals surface area contributed by atoms with E-state index in [1.54, 1.807) is 0 Å². The maximum absolute atomic E-state index is 12.1. The van der Waals surface area contributed by atoms with Crippen LogP contribution in [0.3, 0.4) is 0 Å². The Labute approximate surface area is 85.8 Å². The lowest BCUT2D eigenvalue weighted by Gasteiger charge is -2.49. The molecule has 0 spiro atoms. The molecule has 2 aliphatic heterocycles. The van der Waals surface area contributed by atoms with Gasteiger partial charge in [0, 0.05) is 18.6 Å². The first-order valence-corrected chi connectivity index (χ1v) is 5.54. The van der Waals surface area contributed by atoms with Gasteiger partial charge in [-0.2, -0.15) is 0 Å². The minimum absolute atomic E-state index is 0.111. The van der Waals surface area contributed by atoms with Gasteiger partial charge in [0.05, 0.1) is 5.92 Å². The van der Waals surface area contributed by atoms with E-state index in [1.165, 1.54) is 0 Å². The number of amides is 1. The average Bonchev–Trinajstić information content (AvgIpc) is 2.49. The third-order valence-corrected chi connectivity index (χ3v) is 3.78. The lowest BCUT2D eigenvalue weighted by molar-refractivity contribution is -0.149. The number of hydrogen-bond acceptors (Lipinski definition) is 2. The summed E-state index contributed by atoms with van der Waals surface area (Å²) in [6, 6.07) is 0. The summed E-state index contributed by atoms with van der Waals surface area (Å²) in [4.78, 5) is 14.2. The van der Waals surface area contributed by atoms with Gasteiger partial charge < -0.3 is 10.2 Å². The van der Waals surface area contributed by atoms with Crippen molar-refractivity contribution >= 4 is 5.91 Å². The van der Waals surface area contributed by atoms with Crippen LogP contribution in [-0.4, -0.2) is 36.0 Å². The lowest BCUT2D eigenvalue weighted by atomic mass is 9.85.